The molecule has 0 saturated heterocycles. The van der Waals surface area contributed by atoms with Crippen LogP contribution >= 0.6 is 15.9 Å². The minimum Gasteiger partial charge on any atom is -0.493 e. The summed E-state index contributed by atoms with van der Waals surface area (Å²) in [6.45, 7) is 2.78. The average molecular weight is 315 g/mol. The van der Waals surface area contributed by atoms with Gasteiger partial charge >= 0.3 is 5.97 Å². The first-order valence-corrected chi connectivity index (χ1v) is 7.32. The van der Waals surface area contributed by atoms with E-state index in [2.05, 4.69) is 22.9 Å². The van der Waals surface area contributed by atoms with Gasteiger partial charge in [0, 0.05) is 5.33 Å². The maximum absolute atomic E-state index is 10.7. The lowest BCUT2D eigenvalue weighted by Gasteiger charge is -2.12. The highest BCUT2D eigenvalue weighted by Crippen LogP contribution is 2.22. The topological polar surface area (TPSA) is 46.5 Å². The summed E-state index contributed by atoms with van der Waals surface area (Å²) in [5.41, 5.74) is 1.93. The van der Waals surface area contributed by atoms with E-state index in [-0.39, 0.29) is 6.42 Å². The molecule has 0 heterocycles. The number of rotatable bonds is 8. The number of carboxylic acids is 1. The zero-order chi connectivity index (χ0) is 13.4. The monoisotopic (exact) mass is 314 g/mol. The van der Waals surface area contributed by atoms with Crippen LogP contribution in [-0.4, -0.2) is 23.0 Å². The van der Waals surface area contributed by atoms with Crippen molar-refractivity contribution in [3.8, 4) is 5.75 Å². The number of hydrogen-bond donors (Lipinski definition) is 1. The van der Waals surface area contributed by atoms with Crippen LogP contribution in [0.4, 0.5) is 0 Å². The summed E-state index contributed by atoms with van der Waals surface area (Å²) in [7, 11) is 0. The molecule has 0 aromatic heterocycles. The van der Waals surface area contributed by atoms with Gasteiger partial charge in [0.15, 0.2) is 0 Å². The van der Waals surface area contributed by atoms with Gasteiger partial charge in [-0.1, -0.05) is 41.4 Å². The summed E-state index contributed by atoms with van der Waals surface area (Å²) in [5.74, 6) is 0.0809. The van der Waals surface area contributed by atoms with Crippen LogP contribution in [0.1, 0.15) is 30.9 Å². The van der Waals surface area contributed by atoms with Gasteiger partial charge in [0.25, 0.3) is 0 Å². The molecule has 0 radical (unpaired) electrons. The first kappa shape index (κ1) is 15.0. The molecule has 1 N–H and O–H groups in total. The Kier molecular flexibility index (Phi) is 6.80. The second-order valence-electron chi connectivity index (χ2n) is 4.15. The lowest BCUT2D eigenvalue weighted by atomic mass is 10.0. The van der Waals surface area contributed by atoms with E-state index >= 15 is 0 Å². The molecule has 0 aliphatic carbocycles. The van der Waals surface area contributed by atoms with Crippen molar-refractivity contribution in [2.24, 2.45) is 0 Å². The standard InChI is InChI=1S/C14H19BrO3/c1-2-4-12-9-11(10-14(16)17)5-6-13(12)18-8-3-7-15/h5-6,9H,2-4,7-8,10H2,1H3,(H,16,17). The minimum absolute atomic E-state index is 0.0679. The molecule has 0 saturated carbocycles. The number of carbonyl (C=O) groups is 1. The van der Waals surface area contributed by atoms with Gasteiger partial charge in [-0.05, 0) is 30.0 Å². The Morgan fingerprint density at radius 2 is 2.22 bits per heavy atom. The van der Waals surface area contributed by atoms with E-state index in [9.17, 15) is 4.79 Å². The van der Waals surface area contributed by atoms with Crippen LogP contribution in [0.3, 0.4) is 0 Å². The molecule has 0 amide bonds. The summed E-state index contributed by atoms with van der Waals surface area (Å²) in [6, 6.07) is 5.66. The molecule has 0 aliphatic rings. The Balaban J connectivity index is 2.78. The van der Waals surface area contributed by atoms with Crippen LogP contribution in [-0.2, 0) is 17.6 Å². The van der Waals surface area contributed by atoms with Gasteiger partial charge < -0.3 is 9.84 Å². The molecule has 0 bridgehead atoms. The molecule has 1 rings (SSSR count). The highest BCUT2D eigenvalue weighted by atomic mass is 79.9. The molecular formula is C14H19BrO3. The second kappa shape index (κ2) is 8.14. The fraction of sp³-hybridized carbons (Fsp3) is 0.500. The van der Waals surface area contributed by atoms with Crippen molar-refractivity contribution in [2.75, 3.05) is 11.9 Å². The number of ether oxygens (including phenoxy) is 1. The van der Waals surface area contributed by atoms with Crippen molar-refractivity contribution in [2.45, 2.75) is 32.6 Å². The van der Waals surface area contributed by atoms with Gasteiger partial charge in [-0.25, -0.2) is 0 Å². The van der Waals surface area contributed by atoms with Crippen molar-refractivity contribution < 1.29 is 14.6 Å². The predicted molar refractivity (Wildman–Crippen MR) is 75.7 cm³/mol. The zero-order valence-corrected chi connectivity index (χ0v) is 12.2. The predicted octanol–water partition coefficient (Wildman–Crippen LogP) is 3.43. The van der Waals surface area contributed by atoms with Crippen LogP contribution in [0.2, 0.25) is 0 Å². The molecule has 18 heavy (non-hydrogen) atoms. The number of aliphatic carboxylic acids is 1. The van der Waals surface area contributed by atoms with Crippen molar-refractivity contribution in [3.05, 3.63) is 29.3 Å². The summed E-state index contributed by atoms with van der Waals surface area (Å²) < 4.78 is 5.71. The Hall–Kier alpha value is -1.03. The molecule has 0 aliphatic heterocycles. The van der Waals surface area contributed by atoms with E-state index in [1.165, 1.54) is 0 Å². The third-order valence-electron chi connectivity index (χ3n) is 2.54. The molecular weight excluding hydrogens is 296 g/mol. The zero-order valence-electron chi connectivity index (χ0n) is 10.6. The van der Waals surface area contributed by atoms with Gasteiger partial charge in [-0.2, -0.15) is 0 Å². The summed E-state index contributed by atoms with van der Waals surface area (Å²) in [6.07, 6.45) is 2.96. The number of aryl methyl sites for hydroxylation is 1. The van der Waals surface area contributed by atoms with Gasteiger partial charge in [0.05, 0.1) is 13.0 Å². The van der Waals surface area contributed by atoms with Crippen molar-refractivity contribution in [3.63, 3.8) is 0 Å². The summed E-state index contributed by atoms with van der Waals surface area (Å²) >= 11 is 3.37. The van der Waals surface area contributed by atoms with Gasteiger partial charge in [-0.3, -0.25) is 4.79 Å². The molecule has 1 aromatic carbocycles. The highest BCUT2D eigenvalue weighted by Gasteiger charge is 2.07. The minimum atomic E-state index is -0.801. The quantitative estimate of drug-likeness (QED) is 0.590. The van der Waals surface area contributed by atoms with E-state index in [4.69, 9.17) is 9.84 Å². The molecule has 100 valence electrons. The maximum Gasteiger partial charge on any atom is 0.307 e. The lowest BCUT2D eigenvalue weighted by Crippen LogP contribution is -2.04. The molecule has 0 atom stereocenters. The maximum atomic E-state index is 10.7. The Morgan fingerprint density at radius 1 is 1.44 bits per heavy atom. The van der Waals surface area contributed by atoms with E-state index < -0.39 is 5.97 Å². The Bertz CT molecular complexity index is 391. The smallest absolute Gasteiger partial charge is 0.307 e. The summed E-state index contributed by atoms with van der Waals surface area (Å²) in [5, 5.41) is 9.72. The van der Waals surface area contributed by atoms with Gasteiger partial charge in [-0.15, -0.1) is 0 Å². The van der Waals surface area contributed by atoms with Crippen LogP contribution in [0, 0.1) is 0 Å². The average Bonchev–Trinajstić information content (AvgIpc) is 2.32. The van der Waals surface area contributed by atoms with Crippen molar-refractivity contribution >= 4 is 21.9 Å². The number of carboxylic acid groups (broad SMARTS) is 1. The molecule has 1 aromatic rings. The Labute approximate surface area is 116 Å². The van der Waals surface area contributed by atoms with E-state index in [1.807, 2.05) is 18.2 Å². The number of benzene rings is 1. The van der Waals surface area contributed by atoms with Crippen molar-refractivity contribution in [1.82, 2.24) is 0 Å². The largest absolute Gasteiger partial charge is 0.493 e. The number of hydrogen-bond acceptors (Lipinski definition) is 2. The Morgan fingerprint density at radius 3 is 2.83 bits per heavy atom. The fourth-order valence-corrected chi connectivity index (χ4v) is 1.99. The lowest BCUT2D eigenvalue weighted by molar-refractivity contribution is -0.136. The molecule has 0 spiro atoms. The van der Waals surface area contributed by atoms with Crippen LogP contribution in [0.15, 0.2) is 18.2 Å². The first-order chi connectivity index (χ1) is 8.67. The molecule has 0 fully saturated rings. The van der Waals surface area contributed by atoms with Crippen LogP contribution in [0.5, 0.6) is 5.75 Å². The number of alkyl halides is 1. The normalized spacial score (nSPS) is 10.3. The van der Waals surface area contributed by atoms with Crippen LogP contribution in [0.25, 0.3) is 0 Å². The van der Waals surface area contributed by atoms with E-state index in [1.54, 1.807) is 0 Å². The fourth-order valence-electron chi connectivity index (χ4n) is 1.76. The van der Waals surface area contributed by atoms with E-state index in [0.717, 1.165) is 41.5 Å². The molecule has 0 unspecified atom stereocenters. The van der Waals surface area contributed by atoms with Crippen molar-refractivity contribution in [1.29, 1.82) is 0 Å². The molecule has 3 nitrogen and oxygen atoms in total. The van der Waals surface area contributed by atoms with E-state index in [0.29, 0.717) is 6.61 Å². The molecule has 4 heteroatoms. The van der Waals surface area contributed by atoms with Gasteiger partial charge in [0.2, 0.25) is 0 Å². The number of halogens is 1. The highest BCUT2D eigenvalue weighted by molar-refractivity contribution is 9.09. The SMILES string of the molecule is CCCc1cc(CC(=O)O)ccc1OCCCBr. The van der Waals surface area contributed by atoms with Crippen LogP contribution < -0.4 is 4.74 Å². The third-order valence-corrected chi connectivity index (χ3v) is 3.10. The first-order valence-electron chi connectivity index (χ1n) is 6.19. The second-order valence-corrected chi connectivity index (χ2v) is 4.95. The summed E-state index contributed by atoms with van der Waals surface area (Å²) in [4.78, 5) is 10.7. The van der Waals surface area contributed by atoms with Gasteiger partial charge in [0.1, 0.15) is 5.75 Å². The third kappa shape index (κ3) is 5.08.